The summed E-state index contributed by atoms with van der Waals surface area (Å²) in [6, 6.07) is 3.63. The standard InChI is InChI=1S/C21H29N7O3S/c1-21(8-3-4-9-21)15-31-19-16(13-22)14-23-20(25-19)24-17-5-11-28(12-6-17)32(29,30)18-7-10-27(2)26-18/h7,10,14,17H,3-6,8-9,11-12,15H2,1-2H3,(H,23,24,25). The minimum atomic E-state index is -3.59. The summed E-state index contributed by atoms with van der Waals surface area (Å²) < 4.78 is 34.4. The molecule has 0 spiro atoms. The molecule has 1 aliphatic carbocycles. The van der Waals surface area contributed by atoms with E-state index in [0.717, 1.165) is 12.8 Å². The molecule has 1 saturated heterocycles. The highest BCUT2D eigenvalue weighted by Gasteiger charge is 2.32. The first-order valence-electron chi connectivity index (χ1n) is 11.0. The SMILES string of the molecule is Cn1ccc(S(=O)(=O)N2CCC(Nc3ncc(C#N)c(OCC4(C)CCCC4)n3)CC2)n1. The van der Waals surface area contributed by atoms with E-state index < -0.39 is 10.0 Å². The molecule has 1 N–H and O–H groups in total. The van der Waals surface area contributed by atoms with Crippen LogP contribution >= 0.6 is 0 Å². The van der Waals surface area contributed by atoms with Crippen molar-refractivity contribution in [1.82, 2.24) is 24.1 Å². The Morgan fingerprint density at radius 1 is 1.31 bits per heavy atom. The summed E-state index contributed by atoms with van der Waals surface area (Å²) in [6.07, 6.45) is 8.97. The Morgan fingerprint density at radius 2 is 2.03 bits per heavy atom. The first kappa shape index (κ1) is 22.5. The van der Waals surface area contributed by atoms with Crippen LogP contribution in [0.2, 0.25) is 0 Å². The van der Waals surface area contributed by atoms with Crippen molar-refractivity contribution in [2.24, 2.45) is 12.5 Å². The van der Waals surface area contributed by atoms with Crippen molar-refractivity contribution in [3.8, 4) is 11.9 Å². The number of nitriles is 1. The number of rotatable bonds is 7. The van der Waals surface area contributed by atoms with Gasteiger partial charge in [-0.1, -0.05) is 19.8 Å². The third-order valence-corrected chi connectivity index (χ3v) is 8.11. The van der Waals surface area contributed by atoms with Crippen LogP contribution < -0.4 is 10.1 Å². The average Bonchev–Trinajstić information content (AvgIpc) is 3.42. The molecule has 2 aromatic heterocycles. The summed E-state index contributed by atoms with van der Waals surface area (Å²) in [4.78, 5) is 8.69. The van der Waals surface area contributed by atoms with Gasteiger partial charge in [0.2, 0.25) is 11.8 Å². The predicted molar refractivity (Wildman–Crippen MR) is 117 cm³/mol. The molecule has 0 unspecified atom stereocenters. The number of piperidine rings is 1. The first-order chi connectivity index (χ1) is 15.3. The van der Waals surface area contributed by atoms with Gasteiger partial charge in [-0.3, -0.25) is 4.68 Å². The zero-order chi connectivity index (χ0) is 22.8. The smallest absolute Gasteiger partial charge is 0.262 e. The van der Waals surface area contributed by atoms with Gasteiger partial charge < -0.3 is 10.1 Å². The van der Waals surface area contributed by atoms with E-state index in [2.05, 4.69) is 33.4 Å². The molecule has 2 aliphatic rings. The maximum absolute atomic E-state index is 12.7. The second-order valence-corrected chi connectivity index (χ2v) is 10.9. The van der Waals surface area contributed by atoms with Gasteiger partial charge in [0.25, 0.3) is 10.0 Å². The fraction of sp³-hybridized carbons (Fsp3) is 0.619. The lowest BCUT2D eigenvalue weighted by molar-refractivity contribution is 0.162. The molecule has 1 aliphatic heterocycles. The average molecular weight is 460 g/mol. The molecule has 2 fully saturated rings. The molecular weight excluding hydrogens is 430 g/mol. The zero-order valence-electron chi connectivity index (χ0n) is 18.5. The van der Waals surface area contributed by atoms with Crippen LogP contribution in [0, 0.1) is 16.7 Å². The number of aryl methyl sites for hydroxylation is 1. The van der Waals surface area contributed by atoms with E-state index in [9.17, 15) is 13.7 Å². The van der Waals surface area contributed by atoms with Crippen LogP contribution in [0.5, 0.6) is 5.88 Å². The summed E-state index contributed by atoms with van der Waals surface area (Å²) in [5.74, 6) is 0.690. The van der Waals surface area contributed by atoms with Gasteiger partial charge in [-0.15, -0.1) is 0 Å². The second-order valence-electron chi connectivity index (χ2n) is 8.98. The van der Waals surface area contributed by atoms with Gasteiger partial charge in [-0.05, 0) is 31.7 Å². The first-order valence-corrected chi connectivity index (χ1v) is 12.4. The van der Waals surface area contributed by atoms with E-state index in [1.807, 2.05) is 0 Å². The Balaban J connectivity index is 1.37. The van der Waals surface area contributed by atoms with Crippen LogP contribution in [0.3, 0.4) is 0 Å². The molecule has 2 aromatic rings. The van der Waals surface area contributed by atoms with Crippen molar-refractivity contribution in [2.45, 2.75) is 56.5 Å². The molecule has 32 heavy (non-hydrogen) atoms. The Hall–Kier alpha value is -2.71. The molecule has 0 bridgehead atoms. The lowest BCUT2D eigenvalue weighted by atomic mass is 9.90. The van der Waals surface area contributed by atoms with Crippen molar-refractivity contribution in [1.29, 1.82) is 5.26 Å². The van der Waals surface area contributed by atoms with Crippen molar-refractivity contribution >= 4 is 16.0 Å². The molecule has 172 valence electrons. The number of ether oxygens (including phenoxy) is 1. The summed E-state index contributed by atoms with van der Waals surface area (Å²) in [6.45, 7) is 3.50. The largest absolute Gasteiger partial charge is 0.476 e. The van der Waals surface area contributed by atoms with E-state index in [4.69, 9.17) is 4.74 Å². The molecule has 3 heterocycles. The highest BCUT2D eigenvalue weighted by Crippen LogP contribution is 2.38. The predicted octanol–water partition coefficient (Wildman–Crippen LogP) is 2.31. The maximum Gasteiger partial charge on any atom is 0.262 e. The molecular formula is C21H29N7O3S. The lowest BCUT2D eigenvalue weighted by Crippen LogP contribution is -2.42. The van der Waals surface area contributed by atoms with Crippen LogP contribution in [-0.2, 0) is 17.1 Å². The molecule has 4 rings (SSSR count). The summed E-state index contributed by atoms with van der Waals surface area (Å²) >= 11 is 0. The van der Waals surface area contributed by atoms with Gasteiger partial charge in [0.15, 0.2) is 5.03 Å². The number of hydrogen-bond donors (Lipinski definition) is 1. The van der Waals surface area contributed by atoms with Crippen LogP contribution in [0.4, 0.5) is 5.95 Å². The zero-order valence-corrected chi connectivity index (χ0v) is 19.3. The highest BCUT2D eigenvalue weighted by atomic mass is 32.2. The van der Waals surface area contributed by atoms with Gasteiger partial charge in [-0.25, -0.2) is 13.4 Å². The minimum Gasteiger partial charge on any atom is -0.476 e. The minimum absolute atomic E-state index is 0.0262. The number of aromatic nitrogens is 4. The molecule has 0 amide bonds. The van der Waals surface area contributed by atoms with Gasteiger partial charge >= 0.3 is 0 Å². The summed E-state index contributed by atoms with van der Waals surface area (Å²) in [5, 5.41) is 16.8. The van der Waals surface area contributed by atoms with Crippen molar-refractivity contribution in [3.05, 3.63) is 24.0 Å². The van der Waals surface area contributed by atoms with Gasteiger partial charge in [0.1, 0.15) is 11.6 Å². The van der Waals surface area contributed by atoms with Crippen molar-refractivity contribution < 1.29 is 13.2 Å². The molecule has 0 aromatic carbocycles. The molecule has 0 atom stereocenters. The topological polar surface area (TPSA) is 126 Å². The van der Waals surface area contributed by atoms with Crippen LogP contribution in [0.15, 0.2) is 23.5 Å². The number of anilines is 1. The van der Waals surface area contributed by atoms with E-state index >= 15 is 0 Å². The van der Waals surface area contributed by atoms with E-state index in [1.54, 1.807) is 13.2 Å². The van der Waals surface area contributed by atoms with Crippen LogP contribution in [0.25, 0.3) is 0 Å². The van der Waals surface area contributed by atoms with Crippen LogP contribution in [-0.4, -0.2) is 58.2 Å². The molecule has 0 radical (unpaired) electrons. The summed E-state index contributed by atoms with van der Waals surface area (Å²) in [7, 11) is -1.90. The van der Waals surface area contributed by atoms with E-state index in [1.165, 1.54) is 34.1 Å². The lowest BCUT2D eigenvalue weighted by Gasteiger charge is -2.31. The third-order valence-electron chi connectivity index (χ3n) is 6.32. The van der Waals surface area contributed by atoms with Crippen LogP contribution in [0.1, 0.15) is 51.0 Å². The quantitative estimate of drug-likeness (QED) is 0.668. The maximum atomic E-state index is 12.7. The van der Waals surface area contributed by atoms with Gasteiger partial charge in [0, 0.05) is 37.8 Å². The Morgan fingerprint density at radius 3 is 2.66 bits per heavy atom. The summed E-state index contributed by atoms with van der Waals surface area (Å²) in [5.41, 5.74) is 0.436. The van der Waals surface area contributed by atoms with Gasteiger partial charge in [-0.2, -0.15) is 19.6 Å². The number of hydrogen-bond acceptors (Lipinski definition) is 8. The number of sulfonamides is 1. The number of nitrogens with zero attached hydrogens (tertiary/aromatic N) is 6. The van der Waals surface area contributed by atoms with E-state index in [0.29, 0.717) is 49.9 Å². The highest BCUT2D eigenvalue weighted by molar-refractivity contribution is 7.89. The second kappa shape index (κ2) is 9.03. The molecule has 11 heteroatoms. The fourth-order valence-corrected chi connectivity index (χ4v) is 5.75. The Bertz CT molecular complexity index is 1090. The third kappa shape index (κ3) is 4.86. The molecule has 1 saturated carbocycles. The Kier molecular flexibility index (Phi) is 6.35. The fourth-order valence-electron chi connectivity index (χ4n) is 4.32. The van der Waals surface area contributed by atoms with Crippen molar-refractivity contribution in [2.75, 3.05) is 25.0 Å². The number of nitrogens with one attached hydrogen (secondary N) is 1. The Labute approximate surface area is 188 Å². The molecule has 10 nitrogen and oxygen atoms in total. The van der Waals surface area contributed by atoms with E-state index in [-0.39, 0.29) is 16.5 Å². The van der Waals surface area contributed by atoms with Crippen molar-refractivity contribution in [3.63, 3.8) is 0 Å². The normalized spacial score (nSPS) is 19.5. The van der Waals surface area contributed by atoms with Gasteiger partial charge in [0.05, 0.1) is 12.8 Å². The monoisotopic (exact) mass is 459 g/mol.